The fourth-order valence-electron chi connectivity index (χ4n) is 3.73. The van der Waals surface area contributed by atoms with Crippen molar-refractivity contribution in [1.82, 2.24) is 5.48 Å². The highest BCUT2D eigenvalue weighted by Gasteiger charge is 2.14. The van der Waals surface area contributed by atoms with Gasteiger partial charge in [0.2, 0.25) is 0 Å². The molecule has 0 saturated carbocycles. The fraction of sp³-hybridized carbons (Fsp3) is 0.120. The molecule has 0 radical (unpaired) electrons. The van der Waals surface area contributed by atoms with E-state index in [4.69, 9.17) is 14.4 Å². The fourth-order valence-corrected chi connectivity index (χ4v) is 3.73. The molecule has 2 N–H and O–H groups in total. The zero-order valence-corrected chi connectivity index (χ0v) is 17.7. The number of para-hydroxylation sites is 1. The van der Waals surface area contributed by atoms with Gasteiger partial charge in [0.15, 0.2) is 0 Å². The number of benzene rings is 3. The molecule has 1 amide bonds. The summed E-state index contributed by atoms with van der Waals surface area (Å²) in [5.41, 5.74) is 5.50. The second-order valence-corrected chi connectivity index (χ2v) is 7.32. The number of hydrogen-bond donors (Lipinski definition) is 2. The number of anilines is 2. The molecule has 0 aliphatic rings. The summed E-state index contributed by atoms with van der Waals surface area (Å²) >= 11 is 0. The number of ether oxygens (including phenoxy) is 1. The van der Waals surface area contributed by atoms with Crippen molar-refractivity contribution in [3.05, 3.63) is 99.9 Å². The summed E-state index contributed by atoms with van der Waals surface area (Å²) in [6.45, 7) is 0. The number of carbonyl (C=O) groups is 1. The van der Waals surface area contributed by atoms with Crippen molar-refractivity contribution in [2.24, 2.45) is 0 Å². The van der Waals surface area contributed by atoms with Crippen LogP contribution in [0.4, 0.5) is 11.4 Å². The maximum Gasteiger partial charge on any atom is 0.338 e. The zero-order chi connectivity index (χ0) is 22.7. The lowest BCUT2D eigenvalue weighted by Crippen LogP contribution is -2.18. The van der Waals surface area contributed by atoms with Gasteiger partial charge in [0.1, 0.15) is 11.3 Å². The molecule has 0 atom stereocenters. The van der Waals surface area contributed by atoms with E-state index in [9.17, 15) is 9.59 Å². The van der Waals surface area contributed by atoms with E-state index in [1.165, 1.54) is 6.07 Å². The summed E-state index contributed by atoms with van der Waals surface area (Å²) in [4.78, 5) is 25.8. The Morgan fingerprint density at radius 1 is 1.06 bits per heavy atom. The molecule has 7 heteroatoms. The number of hydroxylamine groups is 1. The first kappa shape index (κ1) is 21.1. The van der Waals surface area contributed by atoms with Gasteiger partial charge in [-0.2, -0.15) is 0 Å². The topological polar surface area (TPSA) is 92.0 Å². The molecule has 4 rings (SSSR count). The number of methoxy groups -OCH3 is 1. The molecule has 162 valence electrons. The first-order valence-corrected chi connectivity index (χ1v) is 9.97. The van der Waals surface area contributed by atoms with Crippen molar-refractivity contribution in [2.45, 2.75) is 6.42 Å². The second-order valence-electron chi connectivity index (χ2n) is 7.32. The van der Waals surface area contributed by atoms with E-state index in [1.54, 1.807) is 36.9 Å². The highest BCUT2D eigenvalue weighted by molar-refractivity contribution is 5.93. The van der Waals surface area contributed by atoms with Crippen LogP contribution in [0.1, 0.15) is 21.5 Å². The van der Waals surface area contributed by atoms with Crippen LogP contribution in [0.25, 0.3) is 11.0 Å². The number of nitrogens with one attached hydrogen (secondary N) is 1. The zero-order valence-electron chi connectivity index (χ0n) is 17.7. The molecule has 4 aromatic rings. The average Bonchev–Trinajstić information content (AvgIpc) is 2.82. The third-order valence-corrected chi connectivity index (χ3v) is 5.33. The average molecular weight is 430 g/mol. The summed E-state index contributed by atoms with van der Waals surface area (Å²) in [7, 11) is 3.49. The van der Waals surface area contributed by atoms with Crippen molar-refractivity contribution in [3.63, 3.8) is 0 Å². The predicted octanol–water partition coefficient (Wildman–Crippen LogP) is 4.28. The first-order valence-electron chi connectivity index (χ1n) is 9.97. The molecule has 0 bridgehead atoms. The van der Waals surface area contributed by atoms with Crippen LogP contribution >= 0.6 is 0 Å². The van der Waals surface area contributed by atoms with E-state index in [0.717, 1.165) is 27.9 Å². The summed E-state index contributed by atoms with van der Waals surface area (Å²) in [5, 5.41) is 9.73. The Hall–Kier alpha value is -4.10. The van der Waals surface area contributed by atoms with E-state index >= 15 is 0 Å². The van der Waals surface area contributed by atoms with Gasteiger partial charge in [0.05, 0.1) is 12.8 Å². The van der Waals surface area contributed by atoms with Gasteiger partial charge in [0, 0.05) is 41.7 Å². The monoisotopic (exact) mass is 430 g/mol. The lowest BCUT2D eigenvalue weighted by molar-refractivity contribution is 0.0706. The van der Waals surface area contributed by atoms with Gasteiger partial charge in [-0.25, -0.2) is 10.3 Å². The van der Waals surface area contributed by atoms with E-state index in [1.807, 2.05) is 54.4 Å². The summed E-state index contributed by atoms with van der Waals surface area (Å²) in [6, 6.07) is 21.7. The van der Waals surface area contributed by atoms with Crippen LogP contribution in [-0.4, -0.2) is 25.3 Å². The molecular weight excluding hydrogens is 408 g/mol. The van der Waals surface area contributed by atoms with Crippen LogP contribution < -0.4 is 20.7 Å². The Morgan fingerprint density at radius 2 is 1.88 bits per heavy atom. The van der Waals surface area contributed by atoms with Crippen LogP contribution in [0.2, 0.25) is 0 Å². The van der Waals surface area contributed by atoms with E-state index < -0.39 is 11.5 Å². The van der Waals surface area contributed by atoms with Crippen LogP contribution in [-0.2, 0) is 6.42 Å². The second kappa shape index (κ2) is 8.95. The minimum absolute atomic E-state index is 0.361. The van der Waals surface area contributed by atoms with Gasteiger partial charge < -0.3 is 14.1 Å². The number of amides is 1. The third kappa shape index (κ3) is 4.19. The molecular formula is C25H22N2O5. The van der Waals surface area contributed by atoms with Crippen LogP contribution in [0, 0.1) is 0 Å². The number of hydrogen-bond acceptors (Lipinski definition) is 6. The third-order valence-electron chi connectivity index (χ3n) is 5.33. The summed E-state index contributed by atoms with van der Waals surface area (Å²) in [6.07, 6.45) is 0.509. The largest absolute Gasteiger partial charge is 0.496 e. The van der Waals surface area contributed by atoms with Crippen molar-refractivity contribution in [3.8, 4) is 5.75 Å². The van der Waals surface area contributed by atoms with Gasteiger partial charge >= 0.3 is 5.63 Å². The lowest BCUT2D eigenvalue weighted by atomic mass is 10.0. The van der Waals surface area contributed by atoms with Gasteiger partial charge in [-0.05, 0) is 48.0 Å². The molecule has 0 unspecified atom stereocenters. The quantitative estimate of drug-likeness (QED) is 0.270. The van der Waals surface area contributed by atoms with Crippen molar-refractivity contribution in [1.29, 1.82) is 0 Å². The molecule has 1 heterocycles. The van der Waals surface area contributed by atoms with Crippen LogP contribution in [0.3, 0.4) is 0 Å². The normalized spacial score (nSPS) is 10.7. The molecule has 32 heavy (non-hydrogen) atoms. The van der Waals surface area contributed by atoms with E-state index in [2.05, 4.69) is 0 Å². The maximum atomic E-state index is 12.1. The molecule has 7 nitrogen and oxygen atoms in total. The number of rotatable bonds is 6. The molecule has 0 aliphatic heterocycles. The van der Waals surface area contributed by atoms with Gasteiger partial charge in [0.25, 0.3) is 5.91 Å². The van der Waals surface area contributed by atoms with Gasteiger partial charge in [-0.15, -0.1) is 0 Å². The number of nitrogens with zero attached hydrogens (tertiary/aromatic N) is 1. The van der Waals surface area contributed by atoms with Crippen molar-refractivity contribution in [2.75, 3.05) is 19.1 Å². The minimum Gasteiger partial charge on any atom is -0.496 e. The van der Waals surface area contributed by atoms with Crippen molar-refractivity contribution < 1.29 is 19.2 Å². The number of carbonyl (C=O) groups excluding carboxylic acids is 1. The Morgan fingerprint density at radius 3 is 2.66 bits per heavy atom. The highest BCUT2D eigenvalue weighted by atomic mass is 16.5. The summed E-state index contributed by atoms with van der Waals surface area (Å²) in [5.74, 6) is 0.138. The molecule has 0 spiro atoms. The molecule has 1 aromatic heterocycles. The molecule has 0 aliphatic carbocycles. The Kier molecular flexibility index (Phi) is 5.91. The smallest absolute Gasteiger partial charge is 0.338 e. The van der Waals surface area contributed by atoms with Gasteiger partial charge in [-0.3, -0.25) is 10.0 Å². The maximum absolute atomic E-state index is 12.1. The Labute approximate surface area is 184 Å². The Balaban J connectivity index is 1.73. The predicted molar refractivity (Wildman–Crippen MR) is 122 cm³/mol. The lowest BCUT2D eigenvalue weighted by Gasteiger charge is -2.22. The van der Waals surface area contributed by atoms with Crippen molar-refractivity contribution >= 4 is 28.3 Å². The molecule has 0 saturated heterocycles. The minimum atomic E-state index is -0.568. The van der Waals surface area contributed by atoms with E-state index in [-0.39, 0.29) is 0 Å². The molecule has 3 aromatic carbocycles. The van der Waals surface area contributed by atoms with Gasteiger partial charge in [-0.1, -0.05) is 24.3 Å². The number of fused-ring (bicyclic) bond motifs is 1. The Bertz CT molecular complexity index is 1350. The van der Waals surface area contributed by atoms with Crippen LogP contribution in [0.15, 0.2) is 82.0 Å². The van der Waals surface area contributed by atoms with E-state index in [0.29, 0.717) is 23.3 Å². The first-order chi connectivity index (χ1) is 15.5. The highest BCUT2D eigenvalue weighted by Crippen LogP contribution is 2.33. The van der Waals surface area contributed by atoms with Crippen LogP contribution in [0.5, 0.6) is 5.75 Å². The standard InChI is InChI=1S/C25H22N2O5/c1-27(21-15-24(28)32-23-9-4-3-8-20(21)23)19-10-11-22(31-2)18(14-19)13-16-6-5-7-17(12-16)25(29)26-30/h3-12,14-15,30H,13H2,1-2H3,(H,26,29). The summed E-state index contributed by atoms with van der Waals surface area (Å²) < 4.78 is 10.9. The molecule has 0 fully saturated rings. The SMILES string of the molecule is COc1ccc(N(C)c2cc(=O)oc3ccccc23)cc1Cc1cccc(C(=O)NO)c1.